The van der Waals surface area contributed by atoms with Gasteiger partial charge < -0.3 is 20.3 Å². The maximum Gasteiger partial charge on any atom is 0.323 e. The first-order chi connectivity index (χ1) is 6.62. The summed E-state index contributed by atoms with van der Waals surface area (Å²) in [5.74, 6) is -0.940. The molecule has 0 aromatic heterocycles. The van der Waals surface area contributed by atoms with E-state index in [-0.39, 0.29) is 12.2 Å². The molecule has 1 aliphatic heterocycles. The summed E-state index contributed by atoms with van der Waals surface area (Å²) in [6.07, 6.45) is 1.39. The third-order valence-corrected chi connectivity index (χ3v) is 3.03. The van der Waals surface area contributed by atoms with Crippen LogP contribution in [0.3, 0.4) is 0 Å². The SMILES string of the molecule is NC1(C(=O)O)CCC2OCCOC2C1. The molecule has 2 aliphatic rings. The van der Waals surface area contributed by atoms with Crippen LogP contribution in [0.2, 0.25) is 0 Å². The Bertz CT molecular complexity index is 245. The van der Waals surface area contributed by atoms with Crippen LogP contribution in [0.1, 0.15) is 19.3 Å². The maximum absolute atomic E-state index is 10.9. The van der Waals surface area contributed by atoms with E-state index in [1.54, 1.807) is 0 Å². The molecule has 2 fully saturated rings. The van der Waals surface area contributed by atoms with Crippen molar-refractivity contribution in [2.24, 2.45) is 5.73 Å². The minimum Gasteiger partial charge on any atom is -0.480 e. The summed E-state index contributed by atoms with van der Waals surface area (Å²) in [6, 6.07) is 0. The summed E-state index contributed by atoms with van der Waals surface area (Å²) < 4.78 is 10.9. The number of fused-ring (bicyclic) bond motifs is 1. The van der Waals surface area contributed by atoms with Gasteiger partial charge in [-0.25, -0.2) is 0 Å². The van der Waals surface area contributed by atoms with Gasteiger partial charge in [0.25, 0.3) is 0 Å². The second-order valence-electron chi connectivity index (χ2n) is 4.02. The van der Waals surface area contributed by atoms with E-state index >= 15 is 0 Å². The number of carboxylic acids is 1. The molecule has 0 aromatic carbocycles. The predicted octanol–water partition coefficient (Wildman–Crippen LogP) is -0.264. The fourth-order valence-corrected chi connectivity index (χ4v) is 2.13. The number of aliphatic carboxylic acids is 1. The molecule has 0 radical (unpaired) electrons. The molecule has 1 aliphatic carbocycles. The quantitative estimate of drug-likeness (QED) is 0.610. The highest BCUT2D eigenvalue weighted by Crippen LogP contribution is 2.32. The molecule has 0 bridgehead atoms. The van der Waals surface area contributed by atoms with Crippen molar-refractivity contribution in [1.82, 2.24) is 0 Å². The molecule has 1 saturated carbocycles. The van der Waals surface area contributed by atoms with E-state index in [9.17, 15) is 4.79 Å². The Morgan fingerprint density at radius 3 is 2.64 bits per heavy atom. The average molecular weight is 201 g/mol. The van der Waals surface area contributed by atoms with Crippen molar-refractivity contribution >= 4 is 5.97 Å². The number of rotatable bonds is 1. The summed E-state index contributed by atoms with van der Waals surface area (Å²) in [5.41, 5.74) is 4.65. The normalized spacial score (nSPS) is 42.9. The lowest BCUT2D eigenvalue weighted by Gasteiger charge is -2.41. The van der Waals surface area contributed by atoms with Crippen molar-refractivity contribution in [2.75, 3.05) is 13.2 Å². The highest BCUT2D eigenvalue weighted by Gasteiger charge is 2.45. The number of carboxylic acid groups (broad SMARTS) is 1. The Labute approximate surface area is 82.2 Å². The monoisotopic (exact) mass is 201 g/mol. The first kappa shape index (κ1) is 9.89. The topological polar surface area (TPSA) is 81.8 Å². The van der Waals surface area contributed by atoms with Crippen molar-refractivity contribution in [1.29, 1.82) is 0 Å². The lowest BCUT2D eigenvalue weighted by molar-refractivity contribution is -0.174. The van der Waals surface area contributed by atoms with E-state index < -0.39 is 11.5 Å². The van der Waals surface area contributed by atoms with Gasteiger partial charge in [-0.15, -0.1) is 0 Å². The second kappa shape index (κ2) is 3.49. The van der Waals surface area contributed by atoms with Gasteiger partial charge in [-0.2, -0.15) is 0 Å². The molecule has 80 valence electrons. The zero-order chi connectivity index (χ0) is 10.2. The Morgan fingerprint density at radius 1 is 1.36 bits per heavy atom. The lowest BCUT2D eigenvalue weighted by Crippen LogP contribution is -2.58. The fourth-order valence-electron chi connectivity index (χ4n) is 2.13. The van der Waals surface area contributed by atoms with E-state index in [1.165, 1.54) is 0 Å². The molecule has 5 heteroatoms. The number of carbonyl (C=O) groups is 1. The summed E-state index contributed by atoms with van der Waals surface area (Å²) >= 11 is 0. The van der Waals surface area contributed by atoms with E-state index in [0.717, 1.165) is 0 Å². The zero-order valence-electron chi connectivity index (χ0n) is 7.94. The smallest absolute Gasteiger partial charge is 0.323 e. The molecule has 3 N–H and O–H groups in total. The lowest BCUT2D eigenvalue weighted by atomic mass is 9.79. The molecule has 3 atom stereocenters. The third-order valence-electron chi connectivity index (χ3n) is 3.03. The molecule has 1 saturated heterocycles. The van der Waals surface area contributed by atoms with Gasteiger partial charge in [0.1, 0.15) is 5.54 Å². The van der Waals surface area contributed by atoms with Crippen LogP contribution in [-0.4, -0.2) is 42.0 Å². The number of hydrogen-bond acceptors (Lipinski definition) is 4. The van der Waals surface area contributed by atoms with E-state index in [0.29, 0.717) is 32.5 Å². The van der Waals surface area contributed by atoms with Crippen LogP contribution >= 0.6 is 0 Å². The van der Waals surface area contributed by atoms with Gasteiger partial charge in [-0.1, -0.05) is 0 Å². The first-order valence-corrected chi connectivity index (χ1v) is 4.87. The summed E-state index contributed by atoms with van der Waals surface area (Å²) in [7, 11) is 0. The molecule has 14 heavy (non-hydrogen) atoms. The van der Waals surface area contributed by atoms with Crippen LogP contribution in [0, 0.1) is 0 Å². The van der Waals surface area contributed by atoms with Gasteiger partial charge in [0, 0.05) is 6.42 Å². The highest BCUT2D eigenvalue weighted by atomic mass is 16.6. The minimum absolute atomic E-state index is 0.0415. The molecular weight excluding hydrogens is 186 g/mol. The van der Waals surface area contributed by atoms with Crippen LogP contribution in [0.15, 0.2) is 0 Å². The molecular formula is C9H15NO4. The first-order valence-electron chi connectivity index (χ1n) is 4.87. The molecule has 2 rings (SSSR count). The predicted molar refractivity (Wildman–Crippen MR) is 47.9 cm³/mol. The molecule has 0 aromatic rings. The minimum atomic E-state index is -1.12. The largest absolute Gasteiger partial charge is 0.480 e. The summed E-state index contributed by atoms with van der Waals surface area (Å²) in [4.78, 5) is 10.9. The van der Waals surface area contributed by atoms with Crippen molar-refractivity contribution in [3.8, 4) is 0 Å². The summed E-state index contributed by atoms with van der Waals surface area (Å²) in [5, 5.41) is 8.97. The van der Waals surface area contributed by atoms with E-state index in [4.69, 9.17) is 20.3 Å². The van der Waals surface area contributed by atoms with Crippen LogP contribution in [0.25, 0.3) is 0 Å². The summed E-state index contributed by atoms with van der Waals surface area (Å²) in [6.45, 7) is 1.14. The van der Waals surface area contributed by atoms with Gasteiger partial charge >= 0.3 is 5.97 Å². The van der Waals surface area contributed by atoms with Crippen molar-refractivity contribution < 1.29 is 19.4 Å². The molecule has 3 unspecified atom stereocenters. The highest BCUT2D eigenvalue weighted by molar-refractivity contribution is 5.78. The zero-order valence-corrected chi connectivity index (χ0v) is 7.94. The van der Waals surface area contributed by atoms with Gasteiger partial charge in [0.2, 0.25) is 0 Å². The fraction of sp³-hybridized carbons (Fsp3) is 0.889. The Hall–Kier alpha value is -0.650. The van der Waals surface area contributed by atoms with Crippen molar-refractivity contribution in [3.63, 3.8) is 0 Å². The average Bonchev–Trinajstić information content (AvgIpc) is 2.17. The third kappa shape index (κ3) is 1.63. The van der Waals surface area contributed by atoms with Crippen molar-refractivity contribution in [2.45, 2.75) is 37.0 Å². The van der Waals surface area contributed by atoms with Gasteiger partial charge in [-0.3, -0.25) is 4.79 Å². The van der Waals surface area contributed by atoms with E-state index in [2.05, 4.69) is 0 Å². The molecule has 0 amide bonds. The standard InChI is InChI=1S/C9H15NO4/c10-9(8(11)12)2-1-6-7(5-9)14-4-3-13-6/h6-7H,1-5,10H2,(H,11,12). The molecule has 0 spiro atoms. The number of nitrogens with two attached hydrogens (primary N) is 1. The van der Waals surface area contributed by atoms with Crippen LogP contribution in [-0.2, 0) is 14.3 Å². The van der Waals surface area contributed by atoms with Crippen LogP contribution in [0.5, 0.6) is 0 Å². The van der Waals surface area contributed by atoms with Crippen LogP contribution in [0.4, 0.5) is 0 Å². The maximum atomic E-state index is 10.9. The molecule has 5 nitrogen and oxygen atoms in total. The van der Waals surface area contributed by atoms with Gasteiger partial charge in [0.05, 0.1) is 25.4 Å². The van der Waals surface area contributed by atoms with Gasteiger partial charge in [0.15, 0.2) is 0 Å². The van der Waals surface area contributed by atoms with E-state index in [1.807, 2.05) is 0 Å². The molecule has 1 heterocycles. The Balaban J connectivity index is 2.05. The van der Waals surface area contributed by atoms with Crippen molar-refractivity contribution in [3.05, 3.63) is 0 Å². The number of hydrogen-bond donors (Lipinski definition) is 2. The second-order valence-corrected chi connectivity index (χ2v) is 4.02. The van der Waals surface area contributed by atoms with Gasteiger partial charge in [-0.05, 0) is 12.8 Å². The Kier molecular flexibility index (Phi) is 2.47. The Morgan fingerprint density at radius 2 is 2.00 bits per heavy atom. The number of ether oxygens (including phenoxy) is 2. The van der Waals surface area contributed by atoms with Crippen LogP contribution < -0.4 is 5.73 Å².